The Morgan fingerprint density at radius 3 is 2.30 bits per heavy atom. The van der Waals surface area contributed by atoms with Crippen LogP contribution in [-0.4, -0.2) is 34.7 Å². The summed E-state index contributed by atoms with van der Waals surface area (Å²) >= 11 is 0. The zero-order valence-corrected chi connectivity index (χ0v) is 19.1. The first-order valence-electron chi connectivity index (χ1n) is 11.9. The van der Waals surface area contributed by atoms with E-state index in [9.17, 15) is 4.79 Å². The van der Waals surface area contributed by atoms with E-state index in [1.54, 1.807) is 0 Å². The first kappa shape index (κ1) is 20.2. The Balaban J connectivity index is 1.21. The number of fused-ring (bicyclic) bond motifs is 5. The molecule has 2 aliphatic heterocycles. The van der Waals surface area contributed by atoms with Gasteiger partial charge in [0.25, 0.3) is 0 Å². The van der Waals surface area contributed by atoms with Crippen molar-refractivity contribution in [2.75, 3.05) is 6.61 Å². The molecule has 3 heterocycles. The zero-order valence-electron chi connectivity index (χ0n) is 19.1. The maximum Gasteiger partial charge on any atom is 0.410 e. The van der Waals surface area contributed by atoms with Gasteiger partial charge >= 0.3 is 6.09 Å². The van der Waals surface area contributed by atoms with Crippen LogP contribution in [0.3, 0.4) is 0 Å². The maximum absolute atomic E-state index is 13.3. The lowest BCUT2D eigenvalue weighted by atomic mass is 9.94. The van der Waals surface area contributed by atoms with Gasteiger partial charge in [-0.1, -0.05) is 60.7 Å². The van der Waals surface area contributed by atoms with Crippen LogP contribution in [0.25, 0.3) is 16.7 Å². The minimum absolute atomic E-state index is 0.0937. The van der Waals surface area contributed by atoms with Gasteiger partial charge in [0.2, 0.25) is 0 Å². The lowest BCUT2D eigenvalue weighted by molar-refractivity contribution is 0.0866. The summed E-state index contributed by atoms with van der Waals surface area (Å²) in [5, 5.41) is 0. The van der Waals surface area contributed by atoms with Crippen molar-refractivity contribution in [1.82, 2.24) is 9.88 Å². The number of benzene rings is 2. The normalized spacial score (nSPS) is 20.9. The van der Waals surface area contributed by atoms with Gasteiger partial charge in [0.1, 0.15) is 6.61 Å². The second kappa shape index (κ2) is 7.87. The molecule has 2 atom stereocenters. The van der Waals surface area contributed by atoms with Crippen LogP contribution in [0.5, 0.6) is 0 Å². The molecule has 2 unspecified atom stereocenters. The molecule has 1 amide bonds. The van der Waals surface area contributed by atoms with Crippen LogP contribution in [0.15, 0.2) is 66.7 Å². The molecule has 0 radical (unpaired) electrons. The number of hydrogen-bond acceptors (Lipinski definition) is 3. The van der Waals surface area contributed by atoms with Crippen molar-refractivity contribution >= 4 is 11.7 Å². The highest BCUT2D eigenvalue weighted by molar-refractivity contribution is 5.79. The summed E-state index contributed by atoms with van der Waals surface area (Å²) in [4.78, 5) is 19.9. The van der Waals surface area contributed by atoms with Crippen molar-refractivity contribution < 1.29 is 9.53 Å². The zero-order chi connectivity index (χ0) is 22.5. The molecule has 2 aromatic carbocycles. The van der Waals surface area contributed by atoms with Crippen LogP contribution < -0.4 is 0 Å². The van der Waals surface area contributed by atoms with Crippen LogP contribution >= 0.6 is 0 Å². The number of rotatable bonds is 3. The monoisotopic (exact) mass is 436 g/mol. The van der Waals surface area contributed by atoms with Crippen molar-refractivity contribution in [3.8, 4) is 11.1 Å². The summed E-state index contributed by atoms with van der Waals surface area (Å²) < 4.78 is 5.99. The van der Waals surface area contributed by atoms with Gasteiger partial charge in [0, 0.05) is 23.3 Å². The lowest BCUT2D eigenvalue weighted by Gasteiger charge is -2.34. The maximum atomic E-state index is 13.3. The van der Waals surface area contributed by atoms with Crippen molar-refractivity contribution in [3.63, 3.8) is 0 Å². The highest BCUT2D eigenvalue weighted by Gasteiger charge is 2.41. The number of carbonyl (C=O) groups is 1. The first-order valence-corrected chi connectivity index (χ1v) is 11.9. The average Bonchev–Trinajstić information content (AvgIpc) is 3.28. The van der Waals surface area contributed by atoms with Gasteiger partial charge in [-0.05, 0) is 72.6 Å². The number of amides is 1. The van der Waals surface area contributed by atoms with E-state index in [2.05, 4.69) is 78.6 Å². The number of aryl methyl sites for hydroxylation is 2. The molecule has 0 spiro atoms. The van der Waals surface area contributed by atoms with Gasteiger partial charge in [-0.2, -0.15) is 0 Å². The fraction of sp³-hybridized carbons (Fsp3) is 0.310. The molecule has 2 bridgehead atoms. The summed E-state index contributed by atoms with van der Waals surface area (Å²) in [7, 11) is 0. The standard InChI is InChI=1S/C29H28N2O2/c1-18-11-14-23(19(2)30-18)20-15-21-12-13-22(16-20)31(21)29(32)33-17-28-26-9-5-3-7-24(26)25-8-4-6-10-27(25)28/h3-11,14-15,21-22,28H,12-13,16-17H2,1-2H3. The molecular formula is C29H28N2O2. The Hall–Kier alpha value is -3.40. The highest BCUT2D eigenvalue weighted by Crippen LogP contribution is 2.45. The molecule has 1 aliphatic carbocycles. The number of aromatic nitrogens is 1. The predicted molar refractivity (Wildman–Crippen MR) is 130 cm³/mol. The van der Waals surface area contributed by atoms with E-state index >= 15 is 0 Å². The van der Waals surface area contributed by atoms with Gasteiger partial charge in [0.15, 0.2) is 0 Å². The summed E-state index contributed by atoms with van der Waals surface area (Å²) in [6.07, 6.45) is 4.97. The van der Waals surface area contributed by atoms with E-state index in [4.69, 9.17) is 4.74 Å². The van der Waals surface area contributed by atoms with E-state index in [-0.39, 0.29) is 24.1 Å². The average molecular weight is 437 g/mol. The topological polar surface area (TPSA) is 42.4 Å². The Labute approximate surface area is 194 Å². The Kier molecular flexibility index (Phi) is 4.83. The van der Waals surface area contributed by atoms with Crippen molar-refractivity contribution in [2.45, 2.75) is 51.1 Å². The summed E-state index contributed by atoms with van der Waals surface area (Å²) in [5.41, 5.74) is 9.63. The van der Waals surface area contributed by atoms with Gasteiger partial charge in [0.05, 0.1) is 6.04 Å². The Bertz CT molecular complexity index is 1230. The molecule has 1 saturated heterocycles. The highest BCUT2D eigenvalue weighted by atomic mass is 16.6. The van der Waals surface area contributed by atoms with Gasteiger partial charge in [-0.3, -0.25) is 9.88 Å². The van der Waals surface area contributed by atoms with E-state index in [0.717, 1.165) is 30.7 Å². The minimum Gasteiger partial charge on any atom is -0.448 e. The van der Waals surface area contributed by atoms with Gasteiger partial charge in [-0.15, -0.1) is 0 Å². The first-order chi connectivity index (χ1) is 16.1. The van der Waals surface area contributed by atoms with E-state index in [1.807, 2.05) is 11.8 Å². The predicted octanol–water partition coefficient (Wildman–Crippen LogP) is 6.27. The van der Waals surface area contributed by atoms with Gasteiger partial charge in [-0.25, -0.2) is 4.79 Å². The largest absolute Gasteiger partial charge is 0.448 e. The number of carbonyl (C=O) groups excluding carboxylic acids is 1. The number of pyridine rings is 1. The SMILES string of the molecule is Cc1ccc(C2=CC3CCC(C2)N3C(=O)OCC2c3ccccc3-c3ccccc32)c(C)n1. The van der Waals surface area contributed by atoms with Gasteiger partial charge < -0.3 is 4.74 Å². The number of hydrogen-bond donors (Lipinski definition) is 0. The van der Waals surface area contributed by atoms with Crippen molar-refractivity contribution in [3.05, 3.63) is 94.8 Å². The molecule has 4 heteroatoms. The molecule has 1 fully saturated rings. The van der Waals surface area contributed by atoms with Crippen LogP contribution in [0.2, 0.25) is 0 Å². The third-order valence-corrected chi connectivity index (χ3v) is 7.51. The van der Waals surface area contributed by atoms with E-state index in [1.165, 1.54) is 33.4 Å². The number of nitrogens with zero attached hydrogens (tertiary/aromatic N) is 2. The molecule has 0 saturated carbocycles. The summed E-state index contributed by atoms with van der Waals surface area (Å²) in [6, 6.07) is 21.5. The quantitative estimate of drug-likeness (QED) is 0.486. The Morgan fingerprint density at radius 1 is 0.939 bits per heavy atom. The molecule has 3 aliphatic rings. The second-order valence-corrected chi connectivity index (χ2v) is 9.49. The molecule has 33 heavy (non-hydrogen) atoms. The second-order valence-electron chi connectivity index (χ2n) is 9.49. The smallest absolute Gasteiger partial charge is 0.410 e. The summed E-state index contributed by atoms with van der Waals surface area (Å²) in [5.74, 6) is 0.0937. The molecular weight excluding hydrogens is 408 g/mol. The van der Waals surface area contributed by atoms with Crippen LogP contribution in [0.4, 0.5) is 4.79 Å². The van der Waals surface area contributed by atoms with Crippen LogP contribution in [0.1, 0.15) is 53.3 Å². The third-order valence-electron chi connectivity index (χ3n) is 7.51. The molecule has 4 nitrogen and oxygen atoms in total. The van der Waals surface area contributed by atoms with Crippen LogP contribution in [0, 0.1) is 13.8 Å². The lowest BCUT2D eigenvalue weighted by Crippen LogP contribution is -2.43. The molecule has 1 aromatic heterocycles. The fourth-order valence-electron chi connectivity index (χ4n) is 6.01. The fourth-order valence-corrected chi connectivity index (χ4v) is 6.01. The molecule has 6 rings (SSSR count). The summed E-state index contributed by atoms with van der Waals surface area (Å²) in [6.45, 7) is 4.47. The minimum atomic E-state index is -0.182. The molecule has 166 valence electrons. The molecule has 3 aromatic rings. The third kappa shape index (κ3) is 3.36. The van der Waals surface area contributed by atoms with Crippen LogP contribution in [-0.2, 0) is 4.74 Å². The van der Waals surface area contributed by atoms with Crippen molar-refractivity contribution in [1.29, 1.82) is 0 Å². The molecule has 0 N–H and O–H groups in total. The van der Waals surface area contributed by atoms with E-state index in [0.29, 0.717) is 6.61 Å². The van der Waals surface area contributed by atoms with E-state index < -0.39 is 0 Å². The Morgan fingerprint density at radius 2 is 1.64 bits per heavy atom. The number of ether oxygens (including phenoxy) is 1. The van der Waals surface area contributed by atoms with Crippen molar-refractivity contribution in [2.24, 2.45) is 0 Å².